The number of hydrogen-bond donors (Lipinski definition) is 3. The Balaban J connectivity index is 5.20. The Morgan fingerprint density at radius 1 is 0.301 bits per heavy atom. The van der Waals surface area contributed by atoms with Gasteiger partial charge in [0, 0.05) is 25.7 Å². The van der Waals surface area contributed by atoms with Gasteiger partial charge >= 0.3 is 39.5 Å². The highest BCUT2D eigenvalue weighted by atomic mass is 31.2. The van der Waals surface area contributed by atoms with E-state index in [0.717, 1.165) is 114 Å². The summed E-state index contributed by atoms with van der Waals surface area (Å²) in [5.41, 5.74) is 0. The molecule has 7 atom stereocenters. The summed E-state index contributed by atoms with van der Waals surface area (Å²) in [7, 11) is -9.91. The smallest absolute Gasteiger partial charge is 0.462 e. The van der Waals surface area contributed by atoms with Crippen LogP contribution in [0.15, 0.2) is 0 Å². The zero-order chi connectivity index (χ0) is 68.9. The highest BCUT2D eigenvalue weighted by molar-refractivity contribution is 7.47. The van der Waals surface area contributed by atoms with Crippen LogP contribution in [0.25, 0.3) is 0 Å². The number of unbranched alkanes of at least 4 members (excludes halogenated alkanes) is 35. The molecule has 0 amide bonds. The van der Waals surface area contributed by atoms with Crippen molar-refractivity contribution in [3.8, 4) is 0 Å². The lowest BCUT2D eigenvalue weighted by molar-refractivity contribution is -0.161. The molecule has 0 fully saturated rings. The number of carbonyl (C=O) groups excluding carboxylic acids is 4. The summed E-state index contributed by atoms with van der Waals surface area (Å²) >= 11 is 0. The van der Waals surface area contributed by atoms with Crippen molar-refractivity contribution in [2.24, 2.45) is 23.7 Å². The molecule has 0 aromatic carbocycles. The summed E-state index contributed by atoms with van der Waals surface area (Å²) in [5, 5.41) is 10.6. The second-order valence-corrected chi connectivity index (χ2v) is 31.0. The highest BCUT2D eigenvalue weighted by Crippen LogP contribution is 2.45. The second-order valence-electron chi connectivity index (χ2n) is 28.1. The van der Waals surface area contributed by atoms with Gasteiger partial charge in [0.25, 0.3) is 0 Å². The number of ether oxygens (including phenoxy) is 4. The average molecular weight is 1370 g/mol. The molecule has 552 valence electrons. The van der Waals surface area contributed by atoms with Crippen molar-refractivity contribution in [2.45, 2.75) is 388 Å². The van der Waals surface area contributed by atoms with E-state index in [-0.39, 0.29) is 25.7 Å². The van der Waals surface area contributed by atoms with Gasteiger partial charge in [0.2, 0.25) is 0 Å². The Morgan fingerprint density at radius 2 is 0.516 bits per heavy atom. The first-order valence-corrected chi connectivity index (χ1v) is 41.3. The van der Waals surface area contributed by atoms with Crippen LogP contribution in [0, 0.1) is 23.7 Å². The first kappa shape index (κ1) is 91.1. The number of aliphatic hydroxyl groups excluding tert-OH is 1. The second kappa shape index (κ2) is 63.5. The third-order valence-corrected chi connectivity index (χ3v) is 19.7. The zero-order valence-corrected chi connectivity index (χ0v) is 62.7. The maximum atomic E-state index is 13.0. The Bertz CT molecular complexity index is 1840. The predicted molar refractivity (Wildman–Crippen MR) is 377 cm³/mol. The average Bonchev–Trinajstić information content (AvgIpc) is 1.66. The standard InChI is InChI=1S/C74H144O17P2/c1-9-66(7)52-44-36-28-22-19-20-23-29-38-46-54-71(76)84-61-70(91-74(79)57-49-41-33-32-37-45-53-67(8)10-2)63-89-93(82,83)87-59-68(75)58-86-92(80,81)88-62-69(60-85-72(77)55-47-39-31-25-27-35-43-51-65(5)6)90-73(78)56-48-40-30-24-18-16-14-12-11-13-15-17-21-26-34-42-50-64(3)4/h64-70,75H,9-63H2,1-8H3,(H,80,81)(H,82,83)/t66?,67?,68?,69-,70-/m1/s1. The third kappa shape index (κ3) is 65.8. The summed E-state index contributed by atoms with van der Waals surface area (Å²) in [6.07, 6.45) is 47.3. The Hall–Kier alpha value is -1.94. The van der Waals surface area contributed by atoms with Gasteiger partial charge in [0.05, 0.1) is 26.4 Å². The molecule has 0 aliphatic heterocycles. The SMILES string of the molecule is CCC(C)CCCCCCCCCCCCC(=O)OC[C@H](COP(=O)(O)OCC(O)COP(=O)(O)OC[C@@H](COC(=O)CCCCCCCCCC(C)C)OC(=O)CCCCCCCCCCCCCCCCCCC(C)C)OC(=O)CCCCCCCCC(C)CC. The van der Waals surface area contributed by atoms with Gasteiger partial charge in [-0.2, -0.15) is 0 Å². The summed E-state index contributed by atoms with van der Waals surface area (Å²) in [4.78, 5) is 72.7. The first-order valence-electron chi connectivity index (χ1n) is 38.3. The van der Waals surface area contributed by atoms with Crippen LogP contribution in [0.3, 0.4) is 0 Å². The Kier molecular flexibility index (Phi) is 62.2. The van der Waals surface area contributed by atoms with Gasteiger partial charge in [-0.15, -0.1) is 0 Å². The van der Waals surface area contributed by atoms with Crippen LogP contribution in [-0.4, -0.2) is 96.7 Å². The molecule has 5 unspecified atom stereocenters. The van der Waals surface area contributed by atoms with E-state index in [0.29, 0.717) is 31.6 Å². The fourth-order valence-electron chi connectivity index (χ4n) is 11.1. The van der Waals surface area contributed by atoms with Crippen LogP contribution >= 0.6 is 15.6 Å². The van der Waals surface area contributed by atoms with Crippen molar-refractivity contribution in [1.29, 1.82) is 0 Å². The Morgan fingerprint density at radius 3 is 0.763 bits per heavy atom. The third-order valence-electron chi connectivity index (χ3n) is 17.8. The monoisotopic (exact) mass is 1370 g/mol. The molecule has 0 rings (SSSR count). The van der Waals surface area contributed by atoms with E-state index in [1.165, 1.54) is 167 Å². The quantitative estimate of drug-likeness (QED) is 0.0222. The molecular formula is C74H144O17P2. The summed E-state index contributed by atoms with van der Waals surface area (Å²) in [6, 6.07) is 0. The largest absolute Gasteiger partial charge is 0.472 e. The van der Waals surface area contributed by atoms with Gasteiger partial charge in [-0.1, -0.05) is 319 Å². The zero-order valence-electron chi connectivity index (χ0n) is 60.9. The molecule has 0 saturated carbocycles. The first-order chi connectivity index (χ1) is 44.7. The number of rotatable bonds is 71. The summed E-state index contributed by atoms with van der Waals surface area (Å²) in [5.74, 6) is 0.916. The summed E-state index contributed by atoms with van der Waals surface area (Å²) < 4.78 is 68.4. The molecular weight excluding hydrogens is 1220 g/mol. The topological polar surface area (TPSA) is 237 Å². The van der Waals surface area contributed by atoms with Crippen LogP contribution in [0.1, 0.15) is 370 Å². The number of phosphoric acid groups is 2. The maximum absolute atomic E-state index is 13.0. The molecule has 19 heteroatoms. The molecule has 0 spiro atoms. The van der Waals surface area contributed by atoms with Crippen molar-refractivity contribution >= 4 is 39.5 Å². The Labute approximate surface area is 568 Å². The van der Waals surface area contributed by atoms with Gasteiger partial charge < -0.3 is 33.8 Å². The van der Waals surface area contributed by atoms with E-state index in [1.54, 1.807) is 0 Å². The molecule has 0 bridgehead atoms. The fraction of sp³-hybridized carbons (Fsp3) is 0.946. The van der Waals surface area contributed by atoms with E-state index in [9.17, 15) is 43.2 Å². The van der Waals surface area contributed by atoms with Crippen LogP contribution in [0.5, 0.6) is 0 Å². The molecule has 0 aromatic heterocycles. The molecule has 0 saturated heterocycles. The molecule has 0 aliphatic carbocycles. The molecule has 3 N–H and O–H groups in total. The van der Waals surface area contributed by atoms with Crippen LogP contribution in [0.2, 0.25) is 0 Å². The van der Waals surface area contributed by atoms with Crippen molar-refractivity contribution in [3.63, 3.8) is 0 Å². The van der Waals surface area contributed by atoms with E-state index in [4.69, 9.17) is 37.0 Å². The minimum absolute atomic E-state index is 0.102. The van der Waals surface area contributed by atoms with Crippen LogP contribution in [-0.2, 0) is 65.4 Å². The van der Waals surface area contributed by atoms with Gasteiger partial charge in [-0.3, -0.25) is 37.3 Å². The molecule has 17 nitrogen and oxygen atoms in total. The van der Waals surface area contributed by atoms with E-state index in [2.05, 4.69) is 55.4 Å². The predicted octanol–water partition coefficient (Wildman–Crippen LogP) is 21.3. The van der Waals surface area contributed by atoms with Crippen molar-refractivity contribution in [1.82, 2.24) is 0 Å². The molecule has 0 radical (unpaired) electrons. The van der Waals surface area contributed by atoms with Gasteiger partial charge in [0.15, 0.2) is 12.2 Å². The normalized spacial score (nSPS) is 14.8. The lowest BCUT2D eigenvalue weighted by atomic mass is 9.99. The molecule has 93 heavy (non-hydrogen) atoms. The van der Waals surface area contributed by atoms with E-state index in [1.807, 2.05) is 0 Å². The van der Waals surface area contributed by atoms with E-state index < -0.39 is 97.5 Å². The minimum Gasteiger partial charge on any atom is -0.462 e. The van der Waals surface area contributed by atoms with Crippen LogP contribution < -0.4 is 0 Å². The maximum Gasteiger partial charge on any atom is 0.472 e. The number of hydrogen-bond acceptors (Lipinski definition) is 15. The molecule has 0 heterocycles. The number of phosphoric ester groups is 2. The molecule has 0 aliphatic rings. The van der Waals surface area contributed by atoms with Crippen molar-refractivity contribution in [3.05, 3.63) is 0 Å². The number of aliphatic hydroxyl groups is 1. The van der Waals surface area contributed by atoms with Crippen molar-refractivity contribution < 1.29 is 80.2 Å². The van der Waals surface area contributed by atoms with Crippen LogP contribution in [0.4, 0.5) is 0 Å². The lowest BCUT2D eigenvalue weighted by Crippen LogP contribution is -2.30. The number of carbonyl (C=O) groups is 4. The van der Waals surface area contributed by atoms with Crippen molar-refractivity contribution in [2.75, 3.05) is 39.6 Å². The van der Waals surface area contributed by atoms with E-state index >= 15 is 0 Å². The van der Waals surface area contributed by atoms with Gasteiger partial charge in [0.1, 0.15) is 19.3 Å². The fourth-order valence-corrected chi connectivity index (χ4v) is 12.7. The van der Waals surface area contributed by atoms with Gasteiger partial charge in [-0.05, 0) is 49.4 Å². The number of esters is 4. The lowest BCUT2D eigenvalue weighted by Gasteiger charge is -2.21. The van der Waals surface area contributed by atoms with Gasteiger partial charge in [-0.25, -0.2) is 9.13 Å². The molecule has 0 aromatic rings. The minimum atomic E-state index is -4.95. The summed E-state index contributed by atoms with van der Waals surface area (Å²) in [6.45, 7) is 14.1. The highest BCUT2D eigenvalue weighted by Gasteiger charge is 2.30.